The quantitative estimate of drug-likeness (QED) is 0.898. The molecule has 2 heterocycles. The van der Waals surface area contributed by atoms with Crippen molar-refractivity contribution in [3.63, 3.8) is 0 Å². The molecule has 0 aliphatic heterocycles. The van der Waals surface area contributed by atoms with E-state index in [1.54, 1.807) is 6.33 Å². The second-order valence-corrected chi connectivity index (χ2v) is 6.12. The smallest absolute Gasteiger partial charge is 0.130 e. The summed E-state index contributed by atoms with van der Waals surface area (Å²) in [6.45, 7) is 8.56. The van der Waals surface area contributed by atoms with Crippen LogP contribution in [0.2, 0.25) is 0 Å². The van der Waals surface area contributed by atoms with E-state index in [9.17, 15) is 0 Å². The molecular formula is C14H19N3S. The zero-order chi connectivity index (χ0) is 13.1. The van der Waals surface area contributed by atoms with Gasteiger partial charge in [-0.2, -0.15) is 0 Å². The highest BCUT2D eigenvalue weighted by atomic mass is 32.1. The van der Waals surface area contributed by atoms with Crippen LogP contribution in [0.4, 0.5) is 5.82 Å². The average Bonchev–Trinajstić information content (AvgIpc) is 2.76. The number of rotatable bonds is 4. The molecule has 3 nitrogen and oxygen atoms in total. The molecule has 0 radical (unpaired) electrons. The molecule has 2 rings (SSSR count). The van der Waals surface area contributed by atoms with Gasteiger partial charge in [0.15, 0.2) is 0 Å². The van der Waals surface area contributed by atoms with Gasteiger partial charge < -0.3 is 5.32 Å². The van der Waals surface area contributed by atoms with Crippen LogP contribution in [0.5, 0.6) is 0 Å². The monoisotopic (exact) mass is 261 g/mol. The number of nitrogens with zero attached hydrogens (tertiary/aromatic N) is 2. The third-order valence-corrected chi connectivity index (χ3v) is 4.02. The lowest BCUT2D eigenvalue weighted by Crippen LogP contribution is -2.07. The maximum Gasteiger partial charge on any atom is 0.130 e. The maximum atomic E-state index is 4.28. The first-order chi connectivity index (χ1) is 8.56. The van der Waals surface area contributed by atoms with Crippen LogP contribution in [0.3, 0.4) is 0 Å². The zero-order valence-electron chi connectivity index (χ0n) is 11.3. The topological polar surface area (TPSA) is 37.8 Å². The highest BCUT2D eigenvalue weighted by Gasteiger charge is 2.09. The van der Waals surface area contributed by atoms with Crippen molar-refractivity contribution >= 4 is 17.2 Å². The Kier molecular flexibility index (Phi) is 3.97. The summed E-state index contributed by atoms with van der Waals surface area (Å²) in [5.41, 5.74) is 1.07. The summed E-state index contributed by atoms with van der Waals surface area (Å²) in [5, 5.41) is 3.43. The van der Waals surface area contributed by atoms with E-state index in [1.165, 1.54) is 9.75 Å². The summed E-state index contributed by atoms with van der Waals surface area (Å²) in [6, 6.07) is 6.63. The lowest BCUT2D eigenvalue weighted by Gasteiger charge is -2.14. The second-order valence-electron chi connectivity index (χ2n) is 4.80. The minimum absolute atomic E-state index is 0.276. The number of aromatic nitrogens is 2. The van der Waals surface area contributed by atoms with Crippen LogP contribution in [0.25, 0.3) is 0 Å². The number of hydrogen-bond donors (Lipinski definition) is 1. The highest BCUT2D eigenvalue weighted by molar-refractivity contribution is 7.12. The van der Waals surface area contributed by atoms with Crippen molar-refractivity contribution in [1.82, 2.24) is 9.97 Å². The fraction of sp³-hybridized carbons (Fsp3) is 0.429. The van der Waals surface area contributed by atoms with E-state index in [-0.39, 0.29) is 6.04 Å². The van der Waals surface area contributed by atoms with Crippen molar-refractivity contribution in [1.29, 1.82) is 0 Å². The van der Waals surface area contributed by atoms with Gasteiger partial charge in [0.25, 0.3) is 0 Å². The molecule has 0 spiro atoms. The Morgan fingerprint density at radius 1 is 1.17 bits per heavy atom. The minimum Gasteiger partial charge on any atom is -0.363 e. The summed E-state index contributed by atoms with van der Waals surface area (Å²) in [7, 11) is 0. The Hall–Kier alpha value is -1.42. The van der Waals surface area contributed by atoms with Gasteiger partial charge in [-0.15, -0.1) is 11.3 Å². The van der Waals surface area contributed by atoms with E-state index < -0.39 is 0 Å². The van der Waals surface area contributed by atoms with Crippen molar-refractivity contribution in [2.24, 2.45) is 0 Å². The standard InChI is InChI=1S/C14H19N3S/c1-9(2)12-7-14(16-8-15-12)17-11(4)13-6-5-10(3)18-13/h5-9,11H,1-4H3,(H,15,16,17). The summed E-state index contributed by atoms with van der Waals surface area (Å²) >= 11 is 1.82. The molecule has 0 aromatic carbocycles. The van der Waals surface area contributed by atoms with Gasteiger partial charge >= 0.3 is 0 Å². The van der Waals surface area contributed by atoms with Crippen molar-refractivity contribution in [3.8, 4) is 0 Å². The zero-order valence-corrected chi connectivity index (χ0v) is 12.1. The largest absolute Gasteiger partial charge is 0.363 e. The molecule has 1 unspecified atom stereocenters. The Morgan fingerprint density at radius 2 is 1.94 bits per heavy atom. The van der Waals surface area contributed by atoms with E-state index in [4.69, 9.17) is 0 Å². The average molecular weight is 261 g/mol. The number of anilines is 1. The molecule has 96 valence electrons. The van der Waals surface area contributed by atoms with E-state index >= 15 is 0 Å². The van der Waals surface area contributed by atoms with Crippen LogP contribution in [0.1, 0.15) is 48.2 Å². The summed E-state index contributed by atoms with van der Waals surface area (Å²) < 4.78 is 0. The number of nitrogens with one attached hydrogen (secondary N) is 1. The van der Waals surface area contributed by atoms with E-state index in [2.05, 4.69) is 55.1 Å². The number of aryl methyl sites for hydroxylation is 1. The van der Waals surface area contributed by atoms with E-state index in [1.807, 2.05) is 17.4 Å². The Balaban J connectivity index is 2.11. The predicted octanol–water partition coefficient (Wildman–Crippen LogP) is 4.14. The Morgan fingerprint density at radius 3 is 2.56 bits per heavy atom. The van der Waals surface area contributed by atoms with Gasteiger partial charge in [-0.1, -0.05) is 13.8 Å². The third kappa shape index (κ3) is 3.07. The molecular weight excluding hydrogens is 242 g/mol. The van der Waals surface area contributed by atoms with Crippen LogP contribution in [0, 0.1) is 6.92 Å². The minimum atomic E-state index is 0.276. The first-order valence-electron chi connectivity index (χ1n) is 6.21. The third-order valence-electron chi connectivity index (χ3n) is 2.83. The van der Waals surface area contributed by atoms with Gasteiger partial charge in [-0.25, -0.2) is 9.97 Å². The van der Waals surface area contributed by atoms with Crippen LogP contribution in [-0.2, 0) is 0 Å². The van der Waals surface area contributed by atoms with E-state index in [0.717, 1.165) is 11.5 Å². The predicted molar refractivity (Wildman–Crippen MR) is 77.2 cm³/mol. The number of thiophene rings is 1. The van der Waals surface area contributed by atoms with Gasteiger partial charge in [-0.05, 0) is 31.9 Å². The van der Waals surface area contributed by atoms with Crippen molar-refractivity contribution in [3.05, 3.63) is 40.0 Å². The molecule has 0 bridgehead atoms. The van der Waals surface area contributed by atoms with Gasteiger partial charge in [0, 0.05) is 21.5 Å². The first kappa shape index (κ1) is 13.0. The van der Waals surface area contributed by atoms with Crippen LogP contribution >= 0.6 is 11.3 Å². The summed E-state index contributed by atoms with van der Waals surface area (Å²) in [4.78, 5) is 11.2. The van der Waals surface area contributed by atoms with E-state index in [0.29, 0.717) is 5.92 Å². The molecule has 0 aliphatic carbocycles. The van der Waals surface area contributed by atoms with Crippen molar-refractivity contribution in [2.45, 2.75) is 39.7 Å². The molecule has 2 aromatic heterocycles. The Bertz CT molecular complexity index is 519. The lowest BCUT2D eigenvalue weighted by molar-refractivity contribution is 0.808. The van der Waals surface area contributed by atoms with Gasteiger partial charge in [0.2, 0.25) is 0 Å². The highest BCUT2D eigenvalue weighted by Crippen LogP contribution is 2.25. The SMILES string of the molecule is Cc1ccc(C(C)Nc2cc(C(C)C)ncn2)s1. The molecule has 1 N–H and O–H groups in total. The number of hydrogen-bond acceptors (Lipinski definition) is 4. The maximum absolute atomic E-state index is 4.28. The molecule has 1 atom stereocenters. The lowest BCUT2D eigenvalue weighted by atomic mass is 10.1. The first-order valence-corrected chi connectivity index (χ1v) is 7.02. The molecule has 0 aliphatic rings. The molecule has 4 heteroatoms. The Labute approximate surface area is 112 Å². The van der Waals surface area contributed by atoms with Crippen LogP contribution < -0.4 is 5.32 Å². The van der Waals surface area contributed by atoms with Gasteiger partial charge in [0.1, 0.15) is 12.1 Å². The molecule has 2 aromatic rings. The van der Waals surface area contributed by atoms with Gasteiger partial charge in [-0.3, -0.25) is 0 Å². The molecule has 0 fully saturated rings. The molecule has 0 amide bonds. The fourth-order valence-electron chi connectivity index (χ4n) is 1.75. The second kappa shape index (κ2) is 5.48. The fourth-order valence-corrected chi connectivity index (χ4v) is 2.63. The summed E-state index contributed by atoms with van der Waals surface area (Å²) in [6.07, 6.45) is 1.63. The van der Waals surface area contributed by atoms with Crippen LogP contribution in [-0.4, -0.2) is 9.97 Å². The van der Waals surface area contributed by atoms with Crippen molar-refractivity contribution < 1.29 is 0 Å². The van der Waals surface area contributed by atoms with Crippen LogP contribution in [0.15, 0.2) is 24.5 Å². The normalized spacial score (nSPS) is 12.7. The van der Waals surface area contributed by atoms with Crippen molar-refractivity contribution in [2.75, 3.05) is 5.32 Å². The summed E-state index contributed by atoms with van der Waals surface area (Å²) in [5.74, 6) is 1.32. The van der Waals surface area contributed by atoms with Gasteiger partial charge in [0.05, 0.1) is 6.04 Å². The molecule has 0 saturated carbocycles. The molecule has 18 heavy (non-hydrogen) atoms. The molecule has 0 saturated heterocycles.